The Labute approximate surface area is 106 Å². The van der Waals surface area contributed by atoms with Crippen LogP contribution in [-0.4, -0.2) is 4.98 Å². The topological polar surface area (TPSA) is 41.8 Å². The molecule has 2 heteroatoms. The summed E-state index contributed by atoms with van der Waals surface area (Å²) in [4.78, 5) is 3.44. The smallest absolute Gasteiger partial charge is 0.0462 e. The number of nitrogen functional groups attached to an aromatic ring is 1. The van der Waals surface area contributed by atoms with Crippen molar-refractivity contribution in [2.75, 3.05) is 5.73 Å². The summed E-state index contributed by atoms with van der Waals surface area (Å²) in [6.07, 6.45) is 1.02. The van der Waals surface area contributed by atoms with Gasteiger partial charge >= 0.3 is 0 Å². The fourth-order valence-electron chi connectivity index (χ4n) is 2.36. The van der Waals surface area contributed by atoms with Crippen LogP contribution in [-0.2, 0) is 6.42 Å². The Bertz CT molecular complexity index is 695. The van der Waals surface area contributed by atoms with E-state index in [1.165, 1.54) is 27.7 Å². The van der Waals surface area contributed by atoms with E-state index in [2.05, 4.69) is 42.2 Å². The number of nitrogens with two attached hydrogens (primary N) is 1. The van der Waals surface area contributed by atoms with E-state index < -0.39 is 0 Å². The summed E-state index contributed by atoms with van der Waals surface area (Å²) in [5.74, 6) is 0. The summed E-state index contributed by atoms with van der Waals surface area (Å²) in [7, 11) is 0. The van der Waals surface area contributed by atoms with Crippen LogP contribution in [0.15, 0.2) is 48.5 Å². The monoisotopic (exact) mass is 236 g/mol. The zero-order chi connectivity index (χ0) is 12.5. The Morgan fingerprint density at radius 1 is 1.06 bits per heavy atom. The Kier molecular flexibility index (Phi) is 2.56. The Morgan fingerprint density at radius 2 is 1.89 bits per heavy atom. The second kappa shape index (κ2) is 4.22. The first-order valence-corrected chi connectivity index (χ1v) is 6.24. The number of fused-ring (bicyclic) bond motifs is 1. The van der Waals surface area contributed by atoms with Crippen LogP contribution < -0.4 is 5.73 Å². The third-order valence-corrected chi connectivity index (χ3v) is 3.30. The van der Waals surface area contributed by atoms with Crippen molar-refractivity contribution in [3.05, 3.63) is 54.2 Å². The van der Waals surface area contributed by atoms with Gasteiger partial charge in [-0.05, 0) is 41.8 Å². The van der Waals surface area contributed by atoms with Crippen LogP contribution in [0.2, 0.25) is 0 Å². The second-order valence-corrected chi connectivity index (χ2v) is 4.54. The zero-order valence-electron chi connectivity index (χ0n) is 10.4. The molecule has 3 rings (SSSR count). The first-order valence-electron chi connectivity index (χ1n) is 6.24. The van der Waals surface area contributed by atoms with Crippen LogP contribution in [0.1, 0.15) is 12.6 Å². The lowest BCUT2D eigenvalue weighted by Crippen LogP contribution is -1.85. The van der Waals surface area contributed by atoms with Gasteiger partial charge < -0.3 is 10.7 Å². The summed E-state index contributed by atoms with van der Waals surface area (Å²) < 4.78 is 0. The number of nitrogens with one attached hydrogen (secondary N) is 1. The summed E-state index contributed by atoms with van der Waals surface area (Å²) in [6, 6.07) is 16.6. The number of aryl methyl sites for hydroxylation is 1. The number of aromatic nitrogens is 1. The van der Waals surface area contributed by atoms with Gasteiger partial charge in [-0.15, -0.1) is 0 Å². The van der Waals surface area contributed by atoms with Gasteiger partial charge in [0, 0.05) is 22.3 Å². The van der Waals surface area contributed by atoms with Gasteiger partial charge in [-0.25, -0.2) is 0 Å². The lowest BCUT2D eigenvalue weighted by atomic mass is 10.0. The number of hydrogen-bond acceptors (Lipinski definition) is 1. The van der Waals surface area contributed by atoms with Gasteiger partial charge in [-0.2, -0.15) is 0 Å². The van der Waals surface area contributed by atoms with Gasteiger partial charge in [0.05, 0.1) is 0 Å². The van der Waals surface area contributed by atoms with Crippen LogP contribution >= 0.6 is 0 Å². The summed E-state index contributed by atoms with van der Waals surface area (Å²) >= 11 is 0. The predicted molar refractivity (Wildman–Crippen MR) is 77.5 cm³/mol. The number of anilines is 1. The van der Waals surface area contributed by atoms with Crippen molar-refractivity contribution in [3.63, 3.8) is 0 Å². The number of hydrogen-bond donors (Lipinski definition) is 2. The third-order valence-electron chi connectivity index (χ3n) is 3.30. The Morgan fingerprint density at radius 3 is 2.67 bits per heavy atom. The van der Waals surface area contributed by atoms with Crippen molar-refractivity contribution in [2.45, 2.75) is 13.3 Å². The average Bonchev–Trinajstić information content (AvgIpc) is 2.81. The minimum Gasteiger partial charge on any atom is -0.399 e. The molecule has 3 aromatic rings. The molecule has 90 valence electrons. The Hall–Kier alpha value is -2.22. The number of H-pyrrole nitrogens is 1. The van der Waals surface area contributed by atoms with Gasteiger partial charge in [0.1, 0.15) is 0 Å². The van der Waals surface area contributed by atoms with Crippen molar-refractivity contribution in [2.24, 2.45) is 0 Å². The fourth-order valence-corrected chi connectivity index (χ4v) is 2.36. The molecule has 2 aromatic carbocycles. The highest BCUT2D eigenvalue weighted by Crippen LogP contribution is 2.30. The van der Waals surface area contributed by atoms with Gasteiger partial charge in [-0.1, -0.05) is 31.2 Å². The van der Waals surface area contributed by atoms with Crippen LogP contribution in [0.4, 0.5) is 5.69 Å². The second-order valence-electron chi connectivity index (χ2n) is 4.54. The minimum atomic E-state index is 0.802. The summed E-state index contributed by atoms with van der Waals surface area (Å²) in [5, 5.41) is 1.26. The SMILES string of the molecule is CCc1cc2c(-c3cccc(N)c3)cccc2[nH]1. The molecule has 0 bridgehead atoms. The molecule has 0 saturated heterocycles. The van der Waals surface area contributed by atoms with E-state index in [-0.39, 0.29) is 0 Å². The third kappa shape index (κ3) is 1.76. The predicted octanol–water partition coefficient (Wildman–Crippen LogP) is 3.98. The van der Waals surface area contributed by atoms with E-state index in [0.29, 0.717) is 0 Å². The number of rotatable bonds is 2. The van der Waals surface area contributed by atoms with Crippen LogP contribution in [0.25, 0.3) is 22.0 Å². The molecule has 3 N–H and O–H groups in total. The normalized spacial score (nSPS) is 10.9. The van der Waals surface area contributed by atoms with E-state index in [1.54, 1.807) is 0 Å². The molecule has 0 fully saturated rings. The minimum absolute atomic E-state index is 0.802. The highest BCUT2D eigenvalue weighted by Gasteiger charge is 2.06. The molecule has 0 saturated carbocycles. The highest BCUT2D eigenvalue weighted by molar-refractivity contribution is 5.96. The Balaban J connectivity index is 2.25. The van der Waals surface area contributed by atoms with Crippen LogP contribution in [0, 0.1) is 0 Å². The molecule has 0 aliphatic rings. The molecule has 0 spiro atoms. The first-order chi connectivity index (χ1) is 8.78. The molecule has 1 heterocycles. The number of aromatic amines is 1. The van der Waals surface area contributed by atoms with Crippen molar-refractivity contribution in [3.8, 4) is 11.1 Å². The zero-order valence-corrected chi connectivity index (χ0v) is 10.4. The molecule has 2 nitrogen and oxygen atoms in total. The fraction of sp³-hybridized carbons (Fsp3) is 0.125. The van der Waals surface area contributed by atoms with Crippen molar-refractivity contribution in [1.82, 2.24) is 4.98 Å². The molecule has 0 amide bonds. The quantitative estimate of drug-likeness (QED) is 0.649. The van der Waals surface area contributed by atoms with E-state index in [9.17, 15) is 0 Å². The van der Waals surface area contributed by atoms with E-state index in [1.807, 2.05) is 18.2 Å². The van der Waals surface area contributed by atoms with Crippen molar-refractivity contribution >= 4 is 16.6 Å². The van der Waals surface area contributed by atoms with Crippen LogP contribution in [0.5, 0.6) is 0 Å². The van der Waals surface area contributed by atoms with E-state index in [4.69, 9.17) is 5.73 Å². The van der Waals surface area contributed by atoms with Crippen LogP contribution in [0.3, 0.4) is 0 Å². The first kappa shape index (κ1) is 10.9. The maximum atomic E-state index is 5.86. The van der Waals surface area contributed by atoms with Gasteiger partial charge in [-0.3, -0.25) is 0 Å². The van der Waals surface area contributed by atoms with E-state index in [0.717, 1.165) is 12.1 Å². The highest BCUT2D eigenvalue weighted by atomic mass is 14.7. The molecule has 18 heavy (non-hydrogen) atoms. The van der Waals surface area contributed by atoms with Gasteiger partial charge in [0.2, 0.25) is 0 Å². The van der Waals surface area contributed by atoms with E-state index >= 15 is 0 Å². The molecule has 0 aliphatic heterocycles. The largest absolute Gasteiger partial charge is 0.399 e. The molecule has 0 unspecified atom stereocenters. The molecule has 0 radical (unpaired) electrons. The molecular formula is C16H16N2. The number of benzene rings is 2. The van der Waals surface area contributed by atoms with Gasteiger partial charge in [0.15, 0.2) is 0 Å². The lowest BCUT2D eigenvalue weighted by molar-refractivity contribution is 1.07. The maximum Gasteiger partial charge on any atom is 0.0462 e. The average molecular weight is 236 g/mol. The summed E-state index contributed by atoms with van der Waals surface area (Å²) in [6.45, 7) is 2.16. The molecule has 1 aromatic heterocycles. The van der Waals surface area contributed by atoms with Crippen molar-refractivity contribution < 1.29 is 0 Å². The molecule has 0 atom stereocenters. The summed E-state index contributed by atoms with van der Waals surface area (Å²) in [5.41, 5.74) is 11.5. The van der Waals surface area contributed by atoms with Gasteiger partial charge in [0.25, 0.3) is 0 Å². The standard InChI is InChI=1S/C16H16N2/c1-2-13-10-15-14(7-4-8-16(15)18-13)11-5-3-6-12(17)9-11/h3-10,18H,2,17H2,1H3. The maximum absolute atomic E-state index is 5.86. The molecule has 0 aliphatic carbocycles. The molecular weight excluding hydrogens is 220 g/mol. The lowest BCUT2D eigenvalue weighted by Gasteiger charge is -2.04. The van der Waals surface area contributed by atoms with Crippen molar-refractivity contribution in [1.29, 1.82) is 0 Å².